The summed E-state index contributed by atoms with van der Waals surface area (Å²) in [6.07, 6.45) is 0. The molecular formula is C23H38Br2HfN2Si2. The fourth-order valence-corrected chi connectivity index (χ4v) is 5.83. The quantitative estimate of drug-likeness (QED) is 0.275. The van der Waals surface area contributed by atoms with Crippen molar-refractivity contribution in [2.24, 2.45) is 4.66 Å². The third-order valence-corrected chi connectivity index (χ3v) is 7.73. The van der Waals surface area contributed by atoms with Gasteiger partial charge in [-0.25, -0.2) is 0 Å². The van der Waals surface area contributed by atoms with Crippen LogP contribution in [0.2, 0.25) is 39.3 Å². The Morgan fingerprint density at radius 1 is 0.833 bits per heavy atom. The van der Waals surface area contributed by atoms with E-state index in [1.165, 1.54) is 33.4 Å². The van der Waals surface area contributed by atoms with Crippen molar-refractivity contribution < 1.29 is 59.8 Å². The van der Waals surface area contributed by atoms with E-state index < -0.39 is 16.5 Å². The van der Waals surface area contributed by atoms with E-state index in [2.05, 4.69) is 103 Å². The van der Waals surface area contributed by atoms with Gasteiger partial charge in [0.25, 0.3) is 0 Å². The average molecular weight is 737 g/mol. The first kappa shape index (κ1) is 32.6. The van der Waals surface area contributed by atoms with E-state index >= 15 is 0 Å². The molecule has 0 aliphatic heterocycles. The molecule has 0 amide bonds. The maximum Gasteiger partial charge on any atom is 2.00 e. The summed E-state index contributed by atoms with van der Waals surface area (Å²) < 4.78 is 5.26. The molecule has 0 unspecified atom stereocenters. The Morgan fingerprint density at radius 3 is 1.67 bits per heavy atom. The van der Waals surface area contributed by atoms with Gasteiger partial charge in [0.15, 0.2) is 8.24 Å². The van der Waals surface area contributed by atoms with Crippen LogP contribution in [-0.2, 0) is 31.3 Å². The van der Waals surface area contributed by atoms with Crippen LogP contribution < -0.4 is 38.9 Å². The first-order valence-corrected chi connectivity index (χ1v) is 17.0. The Bertz CT molecular complexity index is 823. The summed E-state index contributed by atoms with van der Waals surface area (Å²) >= 11 is 0. The molecule has 0 spiro atoms. The summed E-state index contributed by atoms with van der Waals surface area (Å²) in [6, 6.07) is 8.89. The number of halogens is 2. The molecule has 0 radical (unpaired) electrons. The fourth-order valence-electron chi connectivity index (χ4n) is 3.97. The molecule has 1 aliphatic rings. The third kappa shape index (κ3) is 6.96. The predicted octanol–water partition coefficient (Wildman–Crippen LogP) is 0.642. The standard InChI is InChI=1S/C23H38N2Si2.2BrH.Hf/c1-16-17(2)19(4)23(5,18(16)3)21-15-13-12-14-20(21)22(24-26(6,7)8)25-27(9,10)11;;;/h12-15H,1-11H3,(H,24,25);2*1H;/q;;;+2/p-2. The van der Waals surface area contributed by atoms with Gasteiger partial charge in [0.05, 0.1) is 0 Å². The molecule has 2 nitrogen and oxygen atoms in total. The van der Waals surface area contributed by atoms with Crippen LogP contribution in [0.5, 0.6) is 0 Å². The van der Waals surface area contributed by atoms with Crippen LogP contribution in [0, 0.1) is 0 Å². The summed E-state index contributed by atoms with van der Waals surface area (Å²) in [4.78, 5) is 3.85. The van der Waals surface area contributed by atoms with E-state index in [0.717, 1.165) is 5.84 Å². The van der Waals surface area contributed by atoms with Gasteiger partial charge in [-0.3, -0.25) is 0 Å². The molecule has 0 bridgehead atoms. The van der Waals surface area contributed by atoms with Crippen LogP contribution in [0.1, 0.15) is 45.7 Å². The van der Waals surface area contributed by atoms with E-state index in [9.17, 15) is 0 Å². The first-order chi connectivity index (χ1) is 12.2. The molecule has 7 heteroatoms. The Kier molecular flexibility index (Phi) is 12.5. The number of hydrogen-bond acceptors (Lipinski definition) is 1. The van der Waals surface area contributed by atoms with E-state index in [0.29, 0.717) is 0 Å². The second-order valence-corrected chi connectivity index (χ2v) is 19.5. The minimum absolute atomic E-state index is 0. The Morgan fingerprint density at radius 2 is 1.27 bits per heavy atom. The molecule has 1 N–H and O–H groups in total. The van der Waals surface area contributed by atoms with Crippen LogP contribution in [0.3, 0.4) is 0 Å². The first-order valence-electron chi connectivity index (χ1n) is 10.0. The van der Waals surface area contributed by atoms with Gasteiger partial charge in [-0.1, -0.05) is 55.1 Å². The van der Waals surface area contributed by atoms with Crippen LogP contribution in [0.4, 0.5) is 0 Å². The number of rotatable bonds is 4. The van der Waals surface area contributed by atoms with Gasteiger partial charge >= 0.3 is 25.8 Å². The number of nitrogens with one attached hydrogen (secondary N) is 1. The van der Waals surface area contributed by atoms with Crippen molar-refractivity contribution in [3.63, 3.8) is 0 Å². The molecule has 0 atom stereocenters. The molecule has 0 saturated carbocycles. The Hall–Kier alpha value is 0.434. The van der Waals surface area contributed by atoms with Crippen LogP contribution in [0.25, 0.3) is 0 Å². The topological polar surface area (TPSA) is 24.4 Å². The second kappa shape index (κ2) is 11.5. The predicted molar refractivity (Wildman–Crippen MR) is 127 cm³/mol. The van der Waals surface area contributed by atoms with E-state index in [-0.39, 0.29) is 65.2 Å². The summed E-state index contributed by atoms with van der Waals surface area (Å²) in [5.74, 6) is 1.10. The molecule has 0 aromatic heterocycles. The van der Waals surface area contributed by atoms with E-state index in [1.807, 2.05) is 0 Å². The van der Waals surface area contributed by atoms with Crippen LogP contribution in [0.15, 0.2) is 51.2 Å². The van der Waals surface area contributed by atoms with Gasteiger partial charge in [-0.15, -0.1) is 0 Å². The van der Waals surface area contributed by atoms with Gasteiger partial charge in [-0.05, 0) is 71.0 Å². The zero-order valence-electron chi connectivity index (χ0n) is 20.5. The third-order valence-electron chi connectivity index (χ3n) is 5.85. The number of allylic oxidation sites excluding steroid dienone is 4. The van der Waals surface area contributed by atoms with Crippen molar-refractivity contribution in [2.75, 3.05) is 0 Å². The molecule has 1 aromatic rings. The van der Waals surface area contributed by atoms with E-state index in [1.54, 1.807) is 0 Å². The normalized spacial score (nSPS) is 16.6. The summed E-state index contributed by atoms with van der Waals surface area (Å²) in [5, 5.41) is 0. The summed E-state index contributed by atoms with van der Waals surface area (Å²) in [7, 11) is -3.16. The van der Waals surface area contributed by atoms with Crippen molar-refractivity contribution >= 4 is 22.3 Å². The number of nitrogens with zero attached hydrogens (tertiary/aromatic N) is 1. The second-order valence-electron chi connectivity index (χ2n) is 10.2. The van der Waals surface area contributed by atoms with Crippen molar-refractivity contribution in [3.05, 3.63) is 57.7 Å². The minimum Gasteiger partial charge on any atom is -1.00 e. The van der Waals surface area contributed by atoms with Crippen molar-refractivity contribution in [3.8, 4) is 0 Å². The van der Waals surface area contributed by atoms with Crippen LogP contribution in [-0.4, -0.2) is 22.3 Å². The zero-order valence-corrected chi connectivity index (χ0v) is 29.3. The molecule has 30 heavy (non-hydrogen) atoms. The number of hydrogen-bond donors (Lipinski definition) is 1. The summed E-state index contributed by atoms with van der Waals surface area (Å²) in [5.41, 5.74) is 8.38. The molecule has 0 fully saturated rings. The molecule has 1 aromatic carbocycles. The molecule has 2 rings (SSSR count). The molecular weight excluding hydrogens is 699 g/mol. The molecule has 1 aliphatic carbocycles. The average Bonchev–Trinajstić information content (AvgIpc) is 2.68. The number of benzene rings is 1. The summed E-state index contributed by atoms with van der Waals surface area (Å²) in [6.45, 7) is 25.5. The fraction of sp³-hybridized carbons (Fsp3) is 0.522. The molecule has 0 heterocycles. The van der Waals surface area contributed by atoms with Gasteiger partial charge in [0.2, 0.25) is 0 Å². The van der Waals surface area contributed by atoms with Crippen LogP contribution >= 0.6 is 0 Å². The number of amidine groups is 1. The van der Waals surface area contributed by atoms with Crippen molar-refractivity contribution in [1.29, 1.82) is 0 Å². The monoisotopic (exact) mass is 736 g/mol. The van der Waals surface area contributed by atoms with E-state index in [4.69, 9.17) is 4.66 Å². The van der Waals surface area contributed by atoms with Crippen molar-refractivity contribution in [1.82, 2.24) is 4.98 Å². The molecule has 0 saturated heterocycles. The van der Waals surface area contributed by atoms with Crippen molar-refractivity contribution in [2.45, 2.75) is 79.3 Å². The largest absolute Gasteiger partial charge is 2.00 e. The van der Waals surface area contributed by atoms with Gasteiger partial charge in [0.1, 0.15) is 14.1 Å². The zero-order chi connectivity index (χ0) is 20.8. The maximum absolute atomic E-state index is 5.26. The maximum atomic E-state index is 5.26. The minimum atomic E-state index is -1.63. The Balaban J connectivity index is 0. The smallest absolute Gasteiger partial charge is 1.00 e. The Labute approximate surface area is 227 Å². The van der Waals surface area contributed by atoms with Gasteiger partial charge in [0, 0.05) is 11.0 Å². The molecule has 166 valence electrons. The van der Waals surface area contributed by atoms with Gasteiger partial charge < -0.3 is 43.6 Å². The van der Waals surface area contributed by atoms with Gasteiger partial charge in [-0.2, -0.15) is 0 Å². The SMILES string of the molecule is CC1=C(C)C(C)(c2ccccc2C(=N[Si](C)(C)C)N[Si](C)(C)C)C(C)=C1C.[Br-].[Br-].[Hf+2].